The highest BCUT2D eigenvalue weighted by Crippen LogP contribution is 2.10. The Bertz CT molecular complexity index is 265. The van der Waals surface area contributed by atoms with Crippen LogP contribution in [0, 0.1) is 0 Å². The molecule has 1 N–H and O–H groups in total. The number of hydrogen-bond acceptors (Lipinski definition) is 4. The number of piperidine rings is 1. The molecule has 1 saturated heterocycles. The molecular weight excluding hydrogens is 206 g/mol. The van der Waals surface area contributed by atoms with E-state index in [1.54, 1.807) is 11.3 Å². The first-order chi connectivity index (χ1) is 7.38. The lowest BCUT2D eigenvalue weighted by atomic mass is 10.1. The zero-order chi connectivity index (χ0) is 10.5. The Kier molecular flexibility index (Phi) is 4.11. The van der Waals surface area contributed by atoms with E-state index in [-0.39, 0.29) is 0 Å². The van der Waals surface area contributed by atoms with Gasteiger partial charge < -0.3 is 10.2 Å². The molecule has 84 valence electrons. The second-order valence-corrected chi connectivity index (χ2v) is 4.79. The summed E-state index contributed by atoms with van der Waals surface area (Å²) in [6, 6.07) is 0.689. The van der Waals surface area contributed by atoms with Crippen molar-refractivity contribution >= 4 is 11.3 Å². The molecule has 2 heterocycles. The molecule has 2 rings (SSSR count). The Balaban J connectivity index is 1.69. The van der Waals surface area contributed by atoms with Crippen molar-refractivity contribution in [2.45, 2.75) is 32.4 Å². The Morgan fingerprint density at radius 2 is 2.33 bits per heavy atom. The van der Waals surface area contributed by atoms with Crippen LogP contribution in [-0.4, -0.2) is 35.6 Å². The quantitative estimate of drug-likeness (QED) is 0.845. The highest BCUT2D eigenvalue weighted by molar-refractivity contribution is 7.07. The van der Waals surface area contributed by atoms with Gasteiger partial charge in [-0.15, -0.1) is 11.3 Å². The number of aromatic nitrogens is 1. The number of rotatable bonds is 4. The van der Waals surface area contributed by atoms with E-state index in [0.29, 0.717) is 6.04 Å². The fourth-order valence-electron chi connectivity index (χ4n) is 2.03. The Hall–Kier alpha value is -0.450. The standard InChI is InChI=1S/C11H19N3S/c1-2-14-5-3-10(4-6-14)12-7-11-8-15-9-13-11/h8-10,12H,2-7H2,1H3. The van der Waals surface area contributed by atoms with Crippen LogP contribution in [0.4, 0.5) is 0 Å². The van der Waals surface area contributed by atoms with E-state index in [2.05, 4.69) is 27.5 Å². The van der Waals surface area contributed by atoms with Gasteiger partial charge in [-0.2, -0.15) is 0 Å². The van der Waals surface area contributed by atoms with Crippen molar-refractivity contribution in [2.75, 3.05) is 19.6 Å². The summed E-state index contributed by atoms with van der Waals surface area (Å²) < 4.78 is 0. The molecule has 1 aliphatic heterocycles. The van der Waals surface area contributed by atoms with Gasteiger partial charge in [-0.1, -0.05) is 6.92 Å². The Morgan fingerprint density at radius 1 is 1.53 bits per heavy atom. The topological polar surface area (TPSA) is 28.2 Å². The third-order valence-electron chi connectivity index (χ3n) is 3.09. The minimum absolute atomic E-state index is 0.689. The molecule has 0 spiro atoms. The summed E-state index contributed by atoms with van der Waals surface area (Å²) in [5.74, 6) is 0. The van der Waals surface area contributed by atoms with Crippen molar-refractivity contribution in [2.24, 2.45) is 0 Å². The maximum absolute atomic E-state index is 4.28. The van der Waals surface area contributed by atoms with Crippen LogP contribution in [-0.2, 0) is 6.54 Å². The van der Waals surface area contributed by atoms with Crippen LogP contribution in [0.3, 0.4) is 0 Å². The van der Waals surface area contributed by atoms with Crippen molar-refractivity contribution in [1.29, 1.82) is 0 Å². The van der Waals surface area contributed by atoms with Crippen LogP contribution in [0.15, 0.2) is 10.9 Å². The fourth-order valence-corrected chi connectivity index (χ4v) is 2.59. The van der Waals surface area contributed by atoms with Crippen LogP contribution in [0.5, 0.6) is 0 Å². The molecule has 0 aliphatic carbocycles. The van der Waals surface area contributed by atoms with Gasteiger partial charge in [-0.3, -0.25) is 0 Å². The van der Waals surface area contributed by atoms with Gasteiger partial charge in [0, 0.05) is 18.0 Å². The van der Waals surface area contributed by atoms with Gasteiger partial charge in [-0.05, 0) is 32.5 Å². The Labute approximate surface area is 95.5 Å². The lowest BCUT2D eigenvalue weighted by molar-refractivity contribution is 0.205. The van der Waals surface area contributed by atoms with Gasteiger partial charge in [0.15, 0.2) is 0 Å². The summed E-state index contributed by atoms with van der Waals surface area (Å²) in [7, 11) is 0. The van der Waals surface area contributed by atoms with Crippen LogP contribution < -0.4 is 5.32 Å². The van der Waals surface area contributed by atoms with Crippen molar-refractivity contribution in [3.8, 4) is 0 Å². The molecule has 0 bridgehead atoms. The first kappa shape index (κ1) is 11.0. The van der Waals surface area contributed by atoms with Gasteiger partial charge in [0.05, 0.1) is 11.2 Å². The number of hydrogen-bond donors (Lipinski definition) is 1. The normalized spacial score (nSPS) is 19.5. The van der Waals surface area contributed by atoms with Crippen LogP contribution in [0.25, 0.3) is 0 Å². The van der Waals surface area contributed by atoms with Gasteiger partial charge in [0.2, 0.25) is 0 Å². The van der Waals surface area contributed by atoms with Gasteiger partial charge in [-0.25, -0.2) is 4.98 Å². The van der Waals surface area contributed by atoms with Crippen molar-refractivity contribution in [3.05, 3.63) is 16.6 Å². The molecule has 1 fully saturated rings. The molecule has 1 aromatic heterocycles. The molecular formula is C11H19N3S. The largest absolute Gasteiger partial charge is 0.308 e. The molecule has 0 atom stereocenters. The average Bonchev–Trinajstić information content (AvgIpc) is 2.80. The third kappa shape index (κ3) is 3.26. The molecule has 0 radical (unpaired) electrons. The molecule has 0 aromatic carbocycles. The summed E-state index contributed by atoms with van der Waals surface area (Å²) in [5, 5.41) is 5.71. The maximum atomic E-state index is 4.28. The number of thiazole rings is 1. The SMILES string of the molecule is CCN1CCC(NCc2cscn2)CC1. The summed E-state index contributed by atoms with van der Waals surface area (Å²) in [4.78, 5) is 6.79. The highest BCUT2D eigenvalue weighted by Gasteiger charge is 2.17. The Morgan fingerprint density at radius 3 is 2.93 bits per heavy atom. The third-order valence-corrected chi connectivity index (χ3v) is 3.73. The summed E-state index contributed by atoms with van der Waals surface area (Å²) in [6.45, 7) is 6.85. The second-order valence-electron chi connectivity index (χ2n) is 4.07. The predicted octanol–water partition coefficient (Wildman–Crippen LogP) is 1.72. The van der Waals surface area contributed by atoms with Crippen LogP contribution >= 0.6 is 11.3 Å². The van der Waals surface area contributed by atoms with E-state index >= 15 is 0 Å². The van der Waals surface area contributed by atoms with Crippen LogP contribution in [0.2, 0.25) is 0 Å². The minimum Gasteiger partial charge on any atom is -0.308 e. The molecule has 1 aliphatic rings. The molecule has 1 aromatic rings. The zero-order valence-corrected chi connectivity index (χ0v) is 10.1. The molecule has 0 amide bonds. The van der Waals surface area contributed by atoms with Gasteiger partial charge in [0.1, 0.15) is 0 Å². The van der Waals surface area contributed by atoms with Crippen molar-refractivity contribution in [1.82, 2.24) is 15.2 Å². The molecule has 15 heavy (non-hydrogen) atoms. The summed E-state index contributed by atoms with van der Waals surface area (Å²) in [6.07, 6.45) is 2.55. The number of nitrogens with one attached hydrogen (secondary N) is 1. The maximum Gasteiger partial charge on any atom is 0.0795 e. The fraction of sp³-hybridized carbons (Fsp3) is 0.727. The van der Waals surface area contributed by atoms with Crippen molar-refractivity contribution < 1.29 is 0 Å². The first-order valence-corrected chi connectivity index (χ1v) is 6.65. The number of likely N-dealkylation sites (tertiary alicyclic amines) is 1. The van der Waals surface area contributed by atoms with Gasteiger partial charge in [0.25, 0.3) is 0 Å². The molecule has 3 nitrogen and oxygen atoms in total. The average molecular weight is 225 g/mol. The van der Waals surface area contributed by atoms with E-state index < -0.39 is 0 Å². The summed E-state index contributed by atoms with van der Waals surface area (Å²) >= 11 is 1.67. The van der Waals surface area contributed by atoms with E-state index in [1.165, 1.54) is 38.2 Å². The zero-order valence-electron chi connectivity index (χ0n) is 9.28. The van der Waals surface area contributed by atoms with Crippen LogP contribution in [0.1, 0.15) is 25.5 Å². The number of nitrogens with zero attached hydrogens (tertiary/aromatic N) is 2. The lowest BCUT2D eigenvalue weighted by Crippen LogP contribution is -2.42. The van der Waals surface area contributed by atoms with E-state index in [0.717, 1.165) is 6.54 Å². The van der Waals surface area contributed by atoms with Gasteiger partial charge >= 0.3 is 0 Å². The minimum atomic E-state index is 0.689. The van der Waals surface area contributed by atoms with Crippen molar-refractivity contribution in [3.63, 3.8) is 0 Å². The van der Waals surface area contributed by atoms with E-state index in [1.807, 2.05) is 5.51 Å². The monoisotopic (exact) mass is 225 g/mol. The molecule has 0 unspecified atom stereocenters. The van der Waals surface area contributed by atoms with E-state index in [4.69, 9.17) is 0 Å². The highest BCUT2D eigenvalue weighted by atomic mass is 32.1. The smallest absolute Gasteiger partial charge is 0.0795 e. The first-order valence-electron chi connectivity index (χ1n) is 5.71. The second kappa shape index (κ2) is 5.58. The lowest BCUT2D eigenvalue weighted by Gasteiger charge is -2.31. The summed E-state index contributed by atoms with van der Waals surface area (Å²) in [5.41, 5.74) is 3.08. The van der Waals surface area contributed by atoms with E-state index in [9.17, 15) is 0 Å². The predicted molar refractivity (Wildman–Crippen MR) is 64.1 cm³/mol. The molecule has 0 saturated carbocycles. The molecule has 4 heteroatoms.